The standard InChI is InChI=1S/C15H10F5NO2/c1-7-4-9(16)6-11(17)13(7)21-12-3-2-8(15(18,19)20)5-10(12)14(22)23/h2-6,21H,1H3,(H,22,23). The first kappa shape index (κ1) is 16.7. The Bertz CT molecular complexity index is 748. The Morgan fingerprint density at radius 1 is 1.13 bits per heavy atom. The van der Waals surface area contributed by atoms with Crippen molar-refractivity contribution in [2.24, 2.45) is 0 Å². The molecular formula is C15H10F5NO2. The molecule has 0 heterocycles. The highest BCUT2D eigenvalue weighted by molar-refractivity contribution is 5.95. The summed E-state index contributed by atoms with van der Waals surface area (Å²) in [5.41, 5.74) is -2.13. The minimum Gasteiger partial charge on any atom is -0.478 e. The van der Waals surface area contributed by atoms with Crippen LogP contribution in [0.5, 0.6) is 0 Å². The van der Waals surface area contributed by atoms with Gasteiger partial charge in [-0.05, 0) is 36.8 Å². The van der Waals surface area contributed by atoms with Crippen molar-refractivity contribution in [1.29, 1.82) is 0 Å². The Kier molecular flexibility index (Phi) is 4.26. The zero-order chi connectivity index (χ0) is 17.4. The number of benzene rings is 2. The zero-order valence-electron chi connectivity index (χ0n) is 11.6. The second kappa shape index (κ2) is 5.86. The lowest BCUT2D eigenvalue weighted by Crippen LogP contribution is -2.10. The van der Waals surface area contributed by atoms with E-state index in [-0.39, 0.29) is 16.9 Å². The van der Waals surface area contributed by atoms with E-state index in [0.29, 0.717) is 18.2 Å². The highest BCUT2D eigenvalue weighted by Gasteiger charge is 2.32. The number of halogens is 5. The van der Waals surface area contributed by atoms with E-state index in [1.165, 1.54) is 6.92 Å². The molecular weight excluding hydrogens is 321 g/mol. The lowest BCUT2D eigenvalue weighted by atomic mass is 10.1. The lowest BCUT2D eigenvalue weighted by molar-refractivity contribution is -0.137. The number of hydrogen-bond donors (Lipinski definition) is 2. The maximum absolute atomic E-state index is 13.8. The minimum atomic E-state index is -4.71. The summed E-state index contributed by atoms with van der Waals surface area (Å²) in [5.74, 6) is -3.42. The van der Waals surface area contributed by atoms with Gasteiger partial charge in [0, 0.05) is 6.07 Å². The van der Waals surface area contributed by atoms with Crippen LogP contribution in [0.2, 0.25) is 0 Å². The Morgan fingerprint density at radius 3 is 2.30 bits per heavy atom. The number of carboxylic acid groups (broad SMARTS) is 1. The predicted molar refractivity (Wildman–Crippen MR) is 72.8 cm³/mol. The summed E-state index contributed by atoms with van der Waals surface area (Å²) in [6.07, 6.45) is -4.71. The van der Waals surface area contributed by atoms with Crippen LogP contribution in [-0.2, 0) is 6.18 Å². The molecule has 0 saturated carbocycles. The number of rotatable bonds is 3. The largest absolute Gasteiger partial charge is 0.478 e. The van der Waals surface area contributed by atoms with E-state index in [2.05, 4.69) is 5.32 Å². The Labute approximate surface area is 127 Å². The third-order valence-electron chi connectivity index (χ3n) is 3.09. The van der Waals surface area contributed by atoms with Crippen LogP contribution in [0.25, 0.3) is 0 Å². The van der Waals surface area contributed by atoms with Crippen molar-refractivity contribution in [2.75, 3.05) is 5.32 Å². The summed E-state index contributed by atoms with van der Waals surface area (Å²) in [5, 5.41) is 11.5. The van der Waals surface area contributed by atoms with Gasteiger partial charge in [0.15, 0.2) is 0 Å². The molecule has 0 aromatic heterocycles. The summed E-state index contributed by atoms with van der Waals surface area (Å²) in [4.78, 5) is 11.2. The molecule has 2 N–H and O–H groups in total. The molecule has 0 spiro atoms. The average molecular weight is 331 g/mol. The highest BCUT2D eigenvalue weighted by Crippen LogP contribution is 2.33. The second-order valence-electron chi connectivity index (χ2n) is 4.77. The van der Waals surface area contributed by atoms with Gasteiger partial charge in [-0.3, -0.25) is 0 Å². The van der Waals surface area contributed by atoms with Crippen molar-refractivity contribution in [3.05, 3.63) is 58.7 Å². The van der Waals surface area contributed by atoms with Crippen molar-refractivity contribution < 1.29 is 31.9 Å². The van der Waals surface area contributed by atoms with Gasteiger partial charge in [-0.2, -0.15) is 13.2 Å². The molecule has 2 rings (SSSR count). The van der Waals surface area contributed by atoms with E-state index in [1.807, 2.05) is 0 Å². The number of hydrogen-bond acceptors (Lipinski definition) is 2. The number of aryl methyl sites for hydroxylation is 1. The predicted octanol–water partition coefficient (Wildman–Crippen LogP) is 4.73. The molecule has 0 atom stereocenters. The molecule has 0 saturated heterocycles. The van der Waals surface area contributed by atoms with Gasteiger partial charge in [0.1, 0.15) is 11.6 Å². The molecule has 0 amide bonds. The van der Waals surface area contributed by atoms with Gasteiger partial charge in [-0.1, -0.05) is 0 Å². The lowest BCUT2D eigenvalue weighted by Gasteiger charge is -2.15. The number of carbonyl (C=O) groups is 1. The molecule has 8 heteroatoms. The number of nitrogens with one attached hydrogen (secondary N) is 1. The van der Waals surface area contributed by atoms with E-state index in [0.717, 1.165) is 12.1 Å². The number of anilines is 2. The summed E-state index contributed by atoms with van der Waals surface area (Å²) in [6, 6.07) is 3.59. The molecule has 0 aliphatic rings. The summed E-state index contributed by atoms with van der Waals surface area (Å²) >= 11 is 0. The maximum atomic E-state index is 13.8. The van der Waals surface area contributed by atoms with Gasteiger partial charge in [0.25, 0.3) is 0 Å². The molecule has 2 aromatic rings. The monoisotopic (exact) mass is 331 g/mol. The van der Waals surface area contributed by atoms with Crippen molar-refractivity contribution >= 4 is 17.3 Å². The molecule has 23 heavy (non-hydrogen) atoms. The van der Waals surface area contributed by atoms with Gasteiger partial charge in [-0.25, -0.2) is 13.6 Å². The van der Waals surface area contributed by atoms with Gasteiger partial charge in [0.2, 0.25) is 0 Å². The van der Waals surface area contributed by atoms with Crippen LogP contribution in [0.15, 0.2) is 30.3 Å². The van der Waals surface area contributed by atoms with Gasteiger partial charge in [0.05, 0.1) is 22.5 Å². The molecule has 2 aromatic carbocycles. The molecule has 0 radical (unpaired) electrons. The summed E-state index contributed by atoms with van der Waals surface area (Å²) in [6.45, 7) is 1.37. The average Bonchev–Trinajstić information content (AvgIpc) is 2.41. The quantitative estimate of drug-likeness (QED) is 0.799. The number of aromatic carboxylic acids is 1. The van der Waals surface area contributed by atoms with Crippen molar-refractivity contribution in [3.63, 3.8) is 0 Å². The van der Waals surface area contributed by atoms with E-state index in [4.69, 9.17) is 5.11 Å². The number of carboxylic acids is 1. The first-order valence-electron chi connectivity index (χ1n) is 6.27. The van der Waals surface area contributed by atoms with Crippen molar-refractivity contribution in [3.8, 4) is 0 Å². The third kappa shape index (κ3) is 3.58. The van der Waals surface area contributed by atoms with Crippen LogP contribution in [0, 0.1) is 18.6 Å². The minimum absolute atomic E-state index is 0.138. The second-order valence-corrected chi connectivity index (χ2v) is 4.77. The van der Waals surface area contributed by atoms with Gasteiger partial charge in [-0.15, -0.1) is 0 Å². The van der Waals surface area contributed by atoms with E-state index in [1.54, 1.807) is 0 Å². The van der Waals surface area contributed by atoms with Crippen LogP contribution in [-0.4, -0.2) is 11.1 Å². The molecule has 0 aliphatic heterocycles. The van der Waals surface area contributed by atoms with Crippen LogP contribution in [0.3, 0.4) is 0 Å². The molecule has 0 aliphatic carbocycles. The van der Waals surface area contributed by atoms with Crippen LogP contribution in [0.1, 0.15) is 21.5 Å². The van der Waals surface area contributed by atoms with E-state index < -0.39 is 34.9 Å². The van der Waals surface area contributed by atoms with E-state index in [9.17, 15) is 26.7 Å². The Hall–Kier alpha value is -2.64. The summed E-state index contributed by atoms with van der Waals surface area (Å²) in [7, 11) is 0. The normalized spacial score (nSPS) is 11.4. The topological polar surface area (TPSA) is 49.3 Å². The first-order valence-corrected chi connectivity index (χ1v) is 6.27. The fraction of sp³-hybridized carbons (Fsp3) is 0.133. The van der Waals surface area contributed by atoms with Gasteiger partial charge < -0.3 is 10.4 Å². The zero-order valence-corrected chi connectivity index (χ0v) is 11.6. The maximum Gasteiger partial charge on any atom is 0.416 e. The molecule has 122 valence electrons. The Balaban J connectivity index is 2.51. The summed E-state index contributed by atoms with van der Waals surface area (Å²) < 4.78 is 64.8. The first-order chi connectivity index (χ1) is 10.6. The van der Waals surface area contributed by atoms with E-state index >= 15 is 0 Å². The SMILES string of the molecule is Cc1cc(F)cc(F)c1Nc1ccc(C(F)(F)F)cc1C(=O)O. The van der Waals surface area contributed by atoms with Crippen molar-refractivity contribution in [1.82, 2.24) is 0 Å². The molecule has 0 bridgehead atoms. The molecule has 0 fully saturated rings. The third-order valence-corrected chi connectivity index (χ3v) is 3.09. The number of alkyl halides is 3. The Morgan fingerprint density at radius 2 is 1.78 bits per heavy atom. The smallest absolute Gasteiger partial charge is 0.416 e. The highest BCUT2D eigenvalue weighted by atomic mass is 19.4. The van der Waals surface area contributed by atoms with Crippen LogP contribution >= 0.6 is 0 Å². The fourth-order valence-electron chi connectivity index (χ4n) is 2.00. The van der Waals surface area contributed by atoms with Crippen molar-refractivity contribution in [2.45, 2.75) is 13.1 Å². The van der Waals surface area contributed by atoms with Gasteiger partial charge >= 0.3 is 12.1 Å². The molecule has 3 nitrogen and oxygen atoms in total. The van der Waals surface area contributed by atoms with Crippen LogP contribution < -0.4 is 5.32 Å². The molecule has 0 unspecified atom stereocenters. The fourth-order valence-corrected chi connectivity index (χ4v) is 2.00. The van der Waals surface area contributed by atoms with Crippen LogP contribution in [0.4, 0.5) is 33.3 Å².